The molecule has 0 bridgehead atoms. The maximum absolute atomic E-state index is 13.1. The monoisotopic (exact) mass is 363 g/mol. The van der Waals surface area contributed by atoms with E-state index in [-0.39, 0.29) is 11.5 Å². The van der Waals surface area contributed by atoms with Crippen LogP contribution in [0.15, 0.2) is 59.9 Å². The van der Waals surface area contributed by atoms with Crippen LogP contribution >= 0.6 is 0 Å². The van der Waals surface area contributed by atoms with Crippen molar-refractivity contribution in [2.45, 2.75) is 32.3 Å². The quantitative estimate of drug-likeness (QED) is 0.875. The van der Waals surface area contributed by atoms with E-state index < -0.39 is 0 Å². The number of carbonyl (C=O) groups excluding carboxylic acids is 1. The van der Waals surface area contributed by atoms with Gasteiger partial charge in [0.05, 0.1) is 12.1 Å². The number of nitrogens with one attached hydrogen (secondary N) is 1. The summed E-state index contributed by atoms with van der Waals surface area (Å²) in [5.74, 6) is 0.703. The van der Waals surface area contributed by atoms with Crippen LogP contribution in [0.5, 0.6) is 5.75 Å². The number of nitrogens with two attached hydrogens (primary N) is 1. The van der Waals surface area contributed by atoms with Gasteiger partial charge in [-0.05, 0) is 37.6 Å². The number of para-hydroxylation sites is 2. The Morgan fingerprint density at radius 3 is 2.67 bits per heavy atom. The van der Waals surface area contributed by atoms with Crippen molar-refractivity contribution in [3.63, 3.8) is 0 Å². The summed E-state index contributed by atoms with van der Waals surface area (Å²) in [6, 6.07) is 15.8. The molecule has 2 heterocycles. The third-order valence-corrected chi connectivity index (χ3v) is 5.06. The fraction of sp³-hybridized carbons (Fsp3) is 0.318. The van der Waals surface area contributed by atoms with Crippen LogP contribution in [-0.2, 0) is 6.42 Å². The van der Waals surface area contributed by atoms with Crippen LogP contribution in [0.4, 0.5) is 5.69 Å². The van der Waals surface area contributed by atoms with Crippen molar-refractivity contribution in [1.82, 2.24) is 4.90 Å². The summed E-state index contributed by atoms with van der Waals surface area (Å²) < 4.78 is 6.06. The van der Waals surface area contributed by atoms with Gasteiger partial charge in [-0.1, -0.05) is 30.3 Å². The third-order valence-electron chi connectivity index (χ3n) is 5.06. The first-order valence-corrected chi connectivity index (χ1v) is 9.33. The molecule has 0 atom stereocenters. The Bertz CT molecular complexity index is 903. The number of fused-ring (bicyclic) bond motifs is 1. The van der Waals surface area contributed by atoms with E-state index in [2.05, 4.69) is 5.32 Å². The summed E-state index contributed by atoms with van der Waals surface area (Å²) in [5.41, 5.74) is 10.4. The van der Waals surface area contributed by atoms with E-state index in [1.54, 1.807) is 4.90 Å². The molecule has 3 N–H and O–H groups in total. The number of ether oxygens (including phenoxy) is 1. The average molecular weight is 363 g/mol. The summed E-state index contributed by atoms with van der Waals surface area (Å²) in [6.07, 6.45) is 1.52. The molecule has 0 radical (unpaired) electrons. The molecule has 2 aromatic carbocycles. The highest BCUT2D eigenvalue weighted by atomic mass is 16.5. The predicted molar refractivity (Wildman–Crippen MR) is 107 cm³/mol. The fourth-order valence-corrected chi connectivity index (χ4v) is 3.75. The maximum Gasteiger partial charge on any atom is 0.257 e. The van der Waals surface area contributed by atoms with Gasteiger partial charge >= 0.3 is 0 Å². The van der Waals surface area contributed by atoms with Crippen molar-refractivity contribution in [3.05, 3.63) is 71.1 Å². The Hall–Kier alpha value is -2.95. The number of carbonyl (C=O) groups is 1. The van der Waals surface area contributed by atoms with Gasteiger partial charge in [0.25, 0.3) is 5.91 Å². The number of amides is 1. The molecule has 2 aromatic rings. The molecule has 0 unspecified atom stereocenters. The summed E-state index contributed by atoms with van der Waals surface area (Å²) in [4.78, 5) is 14.9. The first-order chi connectivity index (χ1) is 12.9. The molecule has 27 heavy (non-hydrogen) atoms. The molecular weight excluding hydrogens is 338 g/mol. The molecule has 0 saturated heterocycles. The zero-order chi connectivity index (χ0) is 19.0. The molecule has 140 valence electrons. The van der Waals surface area contributed by atoms with Crippen LogP contribution in [0.3, 0.4) is 0 Å². The summed E-state index contributed by atoms with van der Waals surface area (Å²) in [7, 11) is 0. The number of benzene rings is 2. The van der Waals surface area contributed by atoms with E-state index >= 15 is 0 Å². The van der Waals surface area contributed by atoms with Gasteiger partial charge in [0.2, 0.25) is 0 Å². The number of rotatable bonds is 3. The van der Waals surface area contributed by atoms with Gasteiger partial charge in [0.1, 0.15) is 11.4 Å². The molecule has 5 nitrogen and oxygen atoms in total. The van der Waals surface area contributed by atoms with E-state index in [0.29, 0.717) is 30.8 Å². The molecule has 0 aliphatic carbocycles. The highest BCUT2D eigenvalue weighted by Gasteiger charge is 2.34. The van der Waals surface area contributed by atoms with Crippen LogP contribution in [0.2, 0.25) is 0 Å². The van der Waals surface area contributed by atoms with Gasteiger partial charge in [0, 0.05) is 36.5 Å². The van der Waals surface area contributed by atoms with Gasteiger partial charge in [-0.2, -0.15) is 0 Å². The molecule has 0 saturated carbocycles. The van der Waals surface area contributed by atoms with E-state index in [1.807, 2.05) is 62.4 Å². The lowest BCUT2D eigenvalue weighted by Crippen LogP contribution is -2.40. The summed E-state index contributed by atoms with van der Waals surface area (Å²) in [6.45, 7) is 5.14. The Labute approximate surface area is 159 Å². The van der Waals surface area contributed by atoms with Gasteiger partial charge in [-0.3, -0.25) is 4.79 Å². The minimum atomic E-state index is -0.272. The van der Waals surface area contributed by atoms with Gasteiger partial charge in [-0.25, -0.2) is 0 Å². The lowest BCUT2D eigenvalue weighted by atomic mass is 10.00. The molecule has 4 rings (SSSR count). The highest BCUT2D eigenvalue weighted by molar-refractivity contribution is 5.98. The topological polar surface area (TPSA) is 67.6 Å². The SMILES string of the molecule is CC1(C)Cc2cccc(C(=O)N3CCC(Nc4ccccc4)=C(N)C3)c2O1. The minimum absolute atomic E-state index is 0.0220. The van der Waals surface area contributed by atoms with E-state index in [4.69, 9.17) is 10.5 Å². The van der Waals surface area contributed by atoms with Crippen molar-refractivity contribution in [1.29, 1.82) is 0 Å². The molecule has 2 aliphatic rings. The second kappa shape index (κ2) is 6.65. The van der Waals surface area contributed by atoms with Crippen molar-refractivity contribution < 1.29 is 9.53 Å². The van der Waals surface area contributed by atoms with E-state index in [1.165, 1.54) is 0 Å². The van der Waals surface area contributed by atoms with Crippen LogP contribution in [0.1, 0.15) is 36.2 Å². The van der Waals surface area contributed by atoms with Crippen LogP contribution in [-0.4, -0.2) is 29.5 Å². The molecule has 0 spiro atoms. The minimum Gasteiger partial charge on any atom is -0.486 e. The van der Waals surface area contributed by atoms with E-state index in [9.17, 15) is 4.79 Å². The van der Waals surface area contributed by atoms with Crippen LogP contribution in [0, 0.1) is 0 Å². The Kier molecular flexibility index (Phi) is 4.30. The van der Waals surface area contributed by atoms with Gasteiger partial charge in [-0.15, -0.1) is 0 Å². The molecule has 2 aliphatic heterocycles. The van der Waals surface area contributed by atoms with Crippen molar-refractivity contribution in [3.8, 4) is 5.75 Å². The molecular formula is C22H25N3O2. The van der Waals surface area contributed by atoms with Crippen molar-refractivity contribution in [2.75, 3.05) is 18.4 Å². The second-order valence-corrected chi connectivity index (χ2v) is 7.80. The number of hydrogen-bond acceptors (Lipinski definition) is 4. The smallest absolute Gasteiger partial charge is 0.257 e. The van der Waals surface area contributed by atoms with E-state index in [0.717, 1.165) is 29.1 Å². The first-order valence-electron chi connectivity index (χ1n) is 9.33. The third kappa shape index (κ3) is 3.50. The Balaban J connectivity index is 1.52. The highest BCUT2D eigenvalue weighted by Crippen LogP contribution is 2.38. The van der Waals surface area contributed by atoms with Crippen LogP contribution in [0.25, 0.3) is 0 Å². The van der Waals surface area contributed by atoms with Crippen molar-refractivity contribution >= 4 is 11.6 Å². The molecule has 1 amide bonds. The lowest BCUT2D eigenvalue weighted by Gasteiger charge is -2.30. The number of hydrogen-bond donors (Lipinski definition) is 2. The fourth-order valence-electron chi connectivity index (χ4n) is 3.75. The number of anilines is 1. The standard InChI is InChI=1S/C22H25N3O2/c1-22(2)13-15-7-6-10-17(20(15)27-22)21(26)25-12-11-19(18(23)14-25)24-16-8-4-3-5-9-16/h3-10,24H,11-14,23H2,1-2H3. The normalized spacial score (nSPS) is 18.1. The predicted octanol–water partition coefficient (Wildman–Crippen LogP) is 3.53. The average Bonchev–Trinajstić information content (AvgIpc) is 2.97. The zero-order valence-corrected chi connectivity index (χ0v) is 15.8. The lowest BCUT2D eigenvalue weighted by molar-refractivity contribution is 0.0751. The van der Waals surface area contributed by atoms with Gasteiger partial charge in [0.15, 0.2) is 0 Å². The largest absolute Gasteiger partial charge is 0.486 e. The molecule has 5 heteroatoms. The second-order valence-electron chi connectivity index (χ2n) is 7.80. The maximum atomic E-state index is 13.1. The zero-order valence-electron chi connectivity index (χ0n) is 15.8. The summed E-state index contributed by atoms with van der Waals surface area (Å²) in [5, 5.41) is 3.37. The Morgan fingerprint density at radius 2 is 1.93 bits per heavy atom. The van der Waals surface area contributed by atoms with Crippen molar-refractivity contribution in [2.24, 2.45) is 5.73 Å². The Morgan fingerprint density at radius 1 is 1.15 bits per heavy atom. The molecule has 0 aromatic heterocycles. The number of nitrogens with zero attached hydrogens (tertiary/aromatic N) is 1. The first kappa shape index (κ1) is 17.5. The van der Waals surface area contributed by atoms with Crippen LogP contribution < -0.4 is 15.8 Å². The van der Waals surface area contributed by atoms with Gasteiger partial charge < -0.3 is 20.7 Å². The molecule has 0 fully saturated rings. The summed E-state index contributed by atoms with van der Waals surface area (Å²) >= 11 is 0.